The summed E-state index contributed by atoms with van der Waals surface area (Å²) in [6, 6.07) is 21.6. The summed E-state index contributed by atoms with van der Waals surface area (Å²) >= 11 is 0. The molecule has 0 aliphatic carbocycles. The molecule has 7 heteroatoms. The quantitative estimate of drug-likeness (QED) is 0.458. The zero-order chi connectivity index (χ0) is 22.1. The van der Waals surface area contributed by atoms with Gasteiger partial charge in [-0.25, -0.2) is 9.67 Å². The lowest BCUT2D eigenvalue weighted by Gasteiger charge is -2.09. The predicted molar refractivity (Wildman–Crippen MR) is 124 cm³/mol. The Morgan fingerprint density at radius 2 is 1.81 bits per heavy atom. The molecule has 32 heavy (non-hydrogen) atoms. The Bertz CT molecular complexity index is 1420. The number of hydrogen-bond acceptors (Lipinski definition) is 5. The van der Waals surface area contributed by atoms with Crippen LogP contribution in [0.3, 0.4) is 0 Å². The molecule has 158 valence electrons. The van der Waals surface area contributed by atoms with Crippen molar-refractivity contribution in [1.29, 1.82) is 0 Å². The van der Waals surface area contributed by atoms with E-state index in [0.29, 0.717) is 12.1 Å². The lowest BCUT2D eigenvalue weighted by atomic mass is 10.1. The molecule has 5 aromatic rings. The Morgan fingerprint density at radius 1 is 1.00 bits per heavy atom. The van der Waals surface area contributed by atoms with Crippen molar-refractivity contribution in [2.75, 3.05) is 0 Å². The molecular weight excluding hydrogens is 400 g/mol. The van der Waals surface area contributed by atoms with Gasteiger partial charge in [-0.3, -0.25) is 9.78 Å². The van der Waals surface area contributed by atoms with E-state index in [-0.39, 0.29) is 11.9 Å². The van der Waals surface area contributed by atoms with E-state index in [1.807, 2.05) is 74.5 Å². The van der Waals surface area contributed by atoms with Gasteiger partial charge in [0.1, 0.15) is 5.52 Å². The second kappa shape index (κ2) is 8.19. The van der Waals surface area contributed by atoms with Crippen LogP contribution in [-0.4, -0.2) is 36.9 Å². The second-order valence-electron chi connectivity index (χ2n) is 8.02. The molecule has 0 aliphatic heterocycles. The highest BCUT2D eigenvalue weighted by atomic mass is 16.1. The molecule has 0 spiro atoms. The smallest absolute Gasteiger partial charge is 0.251 e. The van der Waals surface area contributed by atoms with Crippen molar-refractivity contribution < 1.29 is 4.79 Å². The third-order valence-electron chi connectivity index (χ3n) is 5.22. The Balaban J connectivity index is 1.44. The Hall–Kier alpha value is -4.13. The number of carbonyl (C=O) groups excluding carboxylic acids is 1. The number of fused-ring (bicyclic) bond motifs is 2. The highest BCUT2D eigenvalue weighted by molar-refractivity contribution is 5.94. The van der Waals surface area contributed by atoms with Crippen LogP contribution in [-0.2, 0) is 6.54 Å². The van der Waals surface area contributed by atoms with Gasteiger partial charge in [-0.1, -0.05) is 29.5 Å². The molecule has 0 atom stereocenters. The van der Waals surface area contributed by atoms with E-state index < -0.39 is 0 Å². The maximum absolute atomic E-state index is 12.2. The first-order valence-corrected chi connectivity index (χ1v) is 10.5. The second-order valence-corrected chi connectivity index (χ2v) is 8.02. The number of nitrogens with zero attached hydrogens (tertiary/aromatic N) is 5. The maximum atomic E-state index is 12.2. The number of hydrogen-bond donors (Lipinski definition) is 1. The van der Waals surface area contributed by atoms with Gasteiger partial charge in [-0.15, -0.1) is 5.10 Å². The maximum Gasteiger partial charge on any atom is 0.251 e. The molecule has 0 saturated heterocycles. The van der Waals surface area contributed by atoms with Crippen LogP contribution in [0.4, 0.5) is 0 Å². The topological polar surface area (TPSA) is 85.6 Å². The van der Waals surface area contributed by atoms with Crippen LogP contribution in [0.1, 0.15) is 29.8 Å². The van der Waals surface area contributed by atoms with Crippen molar-refractivity contribution >= 4 is 28.0 Å². The number of amides is 1. The van der Waals surface area contributed by atoms with E-state index >= 15 is 0 Å². The summed E-state index contributed by atoms with van der Waals surface area (Å²) in [5.41, 5.74) is 5.88. The Kier molecular flexibility index (Phi) is 5.07. The first-order valence-electron chi connectivity index (χ1n) is 10.5. The standard InChI is InChI=1S/C25H22N6O/c1-16(2)27-25(32)19-8-6-18(7-9-19)22-11-12-23-24(28-22)31(30-29-23)15-17-5-10-21-20(14-17)4-3-13-26-21/h3-14,16H,15H2,1-2H3,(H,27,32). The summed E-state index contributed by atoms with van der Waals surface area (Å²) in [5.74, 6) is -0.0807. The molecule has 0 aliphatic rings. The first-order chi connectivity index (χ1) is 15.6. The van der Waals surface area contributed by atoms with Gasteiger partial charge in [0.05, 0.1) is 17.8 Å². The molecule has 2 aromatic carbocycles. The summed E-state index contributed by atoms with van der Waals surface area (Å²) in [6.07, 6.45) is 1.79. The van der Waals surface area contributed by atoms with E-state index in [4.69, 9.17) is 4.98 Å². The monoisotopic (exact) mass is 422 g/mol. The van der Waals surface area contributed by atoms with Crippen LogP contribution in [0.5, 0.6) is 0 Å². The molecule has 3 aromatic heterocycles. The molecule has 0 saturated carbocycles. The van der Waals surface area contributed by atoms with E-state index in [0.717, 1.165) is 38.9 Å². The Morgan fingerprint density at radius 3 is 2.62 bits per heavy atom. The molecule has 0 radical (unpaired) electrons. The van der Waals surface area contributed by atoms with Crippen LogP contribution in [0.2, 0.25) is 0 Å². The third-order valence-corrected chi connectivity index (χ3v) is 5.22. The summed E-state index contributed by atoms with van der Waals surface area (Å²) in [4.78, 5) is 21.4. The minimum Gasteiger partial charge on any atom is -0.350 e. The van der Waals surface area contributed by atoms with Crippen molar-refractivity contribution in [1.82, 2.24) is 30.3 Å². The van der Waals surface area contributed by atoms with Crippen LogP contribution < -0.4 is 5.32 Å². The number of benzene rings is 2. The fraction of sp³-hybridized carbons (Fsp3) is 0.160. The van der Waals surface area contributed by atoms with E-state index in [1.165, 1.54) is 0 Å². The number of rotatable bonds is 5. The average molecular weight is 422 g/mol. The van der Waals surface area contributed by atoms with Gasteiger partial charge in [-0.05, 0) is 61.9 Å². The van der Waals surface area contributed by atoms with Gasteiger partial charge in [0.15, 0.2) is 5.65 Å². The molecule has 7 nitrogen and oxygen atoms in total. The largest absolute Gasteiger partial charge is 0.350 e. The van der Waals surface area contributed by atoms with Crippen LogP contribution >= 0.6 is 0 Å². The normalized spacial score (nSPS) is 11.3. The summed E-state index contributed by atoms with van der Waals surface area (Å²) < 4.78 is 1.81. The summed E-state index contributed by atoms with van der Waals surface area (Å²) in [6.45, 7) is 4.45. The Labute approximate surface area is 185 Å². The molecular formula is C25H22N6O. The number of carbonyl (C=O) groups is 1. The molecule has 0 bridgehead atoms. The van der Waals surface area contributed by atoms with Crippen LogP contribution in [0, 0.1) is 0 Å². The van der Waals surface area contributed by atoms with Gasteiger partial charge < -0.3 is 5.32 Å². The van der Waals surface area contributed by atoms with Crippen molar-refractivity contribution in [2.45, 2.75) is 26.4 Å². The number of pyridine rings is 2. The number of nitrogens with one attached hydrogen (secondary N) is 1. The van der Waals surface area contributed by atoms with Gasteiger partial charge in [0.2, 0.25) is 0 Å². The van der Waals surface area contributed by atoms with E-state index in [2.05, 4.69) is 26.7 Å². The van der Waals surface area contributed by atoms with Crippen molar-refractivity contribution in [3.8, 4) is 11.3 Å². The summed E-state index contributed by atoms with van der Waals surface area (Å²) in [7, 11) is 0. The number of aromatic nitrogens is 5. The van der Waals surface area contributed by atoms with Gasteiger partial charge in [0, 0.05) is 28.8 Å². The molecule has 5 rings (SSSR count). The zero-order valence-electron chi connectivity index (χ0n) is 17.9. The van der Waals surface area contributed by atoms with Crippen molar-refractivity contribution in [3.05, 3.63) is 84.1 Å². The summed E-state index contributed by atoms with van der Waals surface area (Å²) in [5, 5.41) is 12.6. The fourth-order valence-electron chi connectivity index (χ4n) is 3.66. The van der Waals surface area contributed by atoms with Crippen LogP contribution in [0.25, 0.3) is 33.3 Å². The lowest BCUT2D eigenvalue weighted by molar-refractivity contribution is 0.0943. The zero-order valence-corrected chi connectivity index (χ0v) is 17.9. The molecule has 0 fully saturated rings. The van der Waals surface area contributed by atoms with Gasteiger partial charge >= 0.3 is 0 Å². The van der Waals surface area contributed by atoms with Gasteiger partial charge in [-0.2, -0.15) is 0 Å². The van der Waals surface area contributed by atoms with Crippen LogP contribution in [0.15, 0.2) is 72.9 Å². The third kappa shape index (κ3) is 3.92. The molecule has 1 amide bonds. The SMILES string of the molecule is CC(C)NC(=O)c1ccc(-c2ccc3nnn(Cc4ccc5ncccc5c4)c3n2)cc1. The molecule has 0 unspecified atom stereocenters. The van der Waals surface area contributed by atoms with E-state index in [1.54, 1.807) is 10.9 Å². The highest BCUT2D eigenvalue weighted by Gasteiger charge is 2.11. The lowest BCUT2D eigenvalue weighted by Crippen LogP contribution is -2.29. The van der Waals surface area contributed by atoms with Crippen molar-refractivity contribution in [3.63, 3.8) is 0 Å². The fourth-order valence-corrected chi connectivity index (χ4v) is 3.66. The first kappa shape index (κ1) is 19.8. The minimum atomic E-state index is -0.0807. The molecule has 3 heterocycles. The predicted octanol–water partition coefficient (Wildman–Crippen LogP) is 4.23. The molecule has 1 N–H and O–H groups in total. The van der Waals surface area contributed by atoms with Gasteiger partial charge in [0.25, 0.3) is 5.91 Å². The minimum absolute atomic E-state index is 0.0807. The van der Waals surface area contributed by atoms with E-state index in [9.17, 15) is 4.79 Å². The van der Waals surface area contributed by atoms with Crippen molar-refractivity contribution in [2.24, 2.45) is 0 Å². The highest BCUT2D eigenvalue weighted by Crippen LogP contribution is 2.22. The average Bonchev–Trinajstić information content (AvgIpc) is 3.20.